The Morgan fingerprint density at radius 2 is 1.91 bits per heavy atom. The number of ether oxygens (including phenoxy) is 1. The SMILES string of the molecule is O=P(O)(O)OC[C@H]1O[C@@H](n2cnc3c(N4CCc5ccccc5C4)ncnc32)[C@H](O)[C@@H]1O. The van der Waals surface area contributed by atoms with Crippen LogP contribution in [0.3, 0.4) is 0 Å². The Morgan fingerprint density at radius 1 is 1.12 bits per heavy atom. The van der Waals surface area contributed by atoms with E-state index < -0.39 is 39.0 Å². The monoisotopic (exact) mass is 463 g/mol. The summed E-state index contributed by atoms with van der Waals surface area (Å²) in [5.74, 6) is 0.651. The number of aliphatic hydroxyl groups excluding tert-OH is 2. The predicted octanol–water partition coefficient (Wildman–Crippen LogP) is 0.117. The first-order chi connectivity index (χ1) is 15.3. The molecule has 32 heavy (non-hydrogen) atoms. The van der Waals surface area contributed by atoms with Crippen LogP contribution in [0.15, 0.2) is 36.9 Å². The minimum atomic E-state index is -4.75. The zero-order valence-electron chi connectivity index (χ0n) is 16.8. The zero-order chi connectivity index (χ0) is 22.5. The van der Waals surface area contributed by atoms with Crippen molar-refractivity contribution in [2.75, 3.05) is 18.1 Å². The van der Waals surface area contributed by atoms with Crippen LogP contribution in [-0.2, 0) is 26.8 Å². The molecule has 0 aliphatic carbocycles. The molecule has 170 valence electrons. The number of aliphatic hydroxyl groups is 2. The first-order valence-electron chi connectivity index (χ1n) is 10.0. The van der Waals surface area contributed by atoms with Crippen molar-refractivity contribution in [3.8, 4) is 0 Å². The third kappa shape index (κ3) is 3.90. The van der Waals surface area contributed by atoms with Crippen LogP contribution in [0, 0.1) is 0 Å². The molecule has 1 saturated heterocycles. The van der Waals surface area contributed by atoms with Gasteiger partial charge in [0, 0.05) is 13.1 Å². The number of nitrogens with zero attached hydrogens (tertiary/aromatic N) is 5. The van der Waals surface area contributed by atoms with Crippen LogP contribution in [0.5, 0.6) is 0 Å². The highest BCUT2D eigenvalue weighted by Crippen LogP contribution is 2.39. The second-order valence-electron chi connectivity index (χ2n) is 7.79. The molecule has 4 atom stereocenters. The minimum Gasteiger partial charge on any atom is -0.387 e. The highest BCUT2D eigenvalue weighted by molar-refractivity contribution is 7.46. The summed E-state index contributed by atoms with van der Waals surface area (Å²) in [5, 5.41) is 20.8. The molecule has 3 aromatic rings. The lowest BCUT2D eigenvalue weighted by Crippen LogP contribution is -2.33. The van der Waals surface area contributed by atoms with E-state index in [1.807, 2.05) is 12.1 Å². The van der Waals surface area contributed by atoms with Gasteiger partial charge in [0.2, 0.25) is 0 Å². The van der Waals surface area contributed by atoms with Crippen molar-refractivity contribution in [3.63, 3.8) is 0 Å². The summed E-state index contributed by atoms with van der Waals surface area (Å²) in [6, 6.07) is 8.23. The lowest BCUT2D eigenvalue weighted by molar-refractivity contribution is -0.0504. The molecule has 0 saturated carbocycles. The van der Waals surface area contributed by atoms with E-state index in [1.165, 1.54) is 28.3 Å². The fraction of sp³-hybridized carbons (Fsp3) is 0.421. The van der Waals surface area contributed by atoms with E-state index in [0.717, 1.165) is 13.0 Å². The number of phosphoric ester groups is 1. The van der Waals surface area contributed by atoms with Gasteiger partial charge in [0.1, 0.15) is 24.6 Å². The first kappa shape index (κ1) is 21.4. The van der Waals surface area contributed by atoms with E-state index in [9.17, 15) is 14.8 Å². The Bertz CT molecular complexity index is 1180. The largest absolute Gasteiger partial charge is 0.469 e. The van der Waals surface area contributed by atoms with Crippen molar-refractivity contribution in [2.24, 2.45) is 0 Å². The van der Waals surface area contributed by atoms with Crippen LogP contribution in [-0.4, -0.2) is 71.0 Å². The number of hydrogen-bond donors (Lipinski definition) is 4. The van der Waals surface area contributed by atoms with E-state index in [4.69, 9.17) is 14.5 Å². The van der Waals surface area contributed by atoms with Crippen molar-refractivity contribution in [2.45, 2.75) is 37.5 Å². The molecule has 5 rings (SSSR count). The van der Waals surface area contributed by atoms with E-state index in [2.05, 4.69) is 36.5 Å². The molecule has 2 aliphatic rings. The molecule has 0 amide bonds. The summed E-state index contributed by atoms with van der Waals surface area (Å²) in [4.78, 5) is 33.0. The number of anilines is 1. The van der Waals surface area contributed by atoms with Crippen LogP contribution in [0.2, 0.25) is 0 Å². The summed E-state index contributed by atoms with van der Waals surface area (Å²) >= 11 is 0. The van der Waals surface area contributed by atoms with Gasteiger partial charge in [0.05, 0.1) is 12.9 Å². The molecule has 0 spiro atoms. The van der Waals surface area contributed by atoms with E-state index >= 15 is 0 Å². The average molecular weight is 463 g/mol. The molecule has 0 radical (unpaired) electrons. The van der Waals surface area contributed by atoms with Crippen molar-refractivity contribution < 1.29 is 33.8 Å². The summed E-state index contributed by atoms with van der Waals surface area (Å²) < 4.78 is 22.5. The molecular weight excluding hydrogens is 441 g/mol. The highest BCUT2D eigenvalue weighted by Gasteiger charge is 2.45. The number of imidazole rings is 1. The molecule has 4 N–H and O–H groups in total. The maximum atomic E-state index is 11.0. The topological polar surface area (TPSA) is 163 Å². The summed E-state index contributed by atoms with van der Waals surface area (Å²) in [5.41, 5.74) is 3.45. The zero-order valence-corrected chi connectivity index (χ0v) is 17.7. The van der Waals surface area contributed by atoms with Gasteiger partial charge in [0.15, 0.2) is 23.2 Å². The van der Waals surface area contributed by atoms with E-state index in [0.29, 0.717) is 23.5 Å². The van der Waals surface area contributed by atoms with Crippen molar-refractivity contribution in [1.82, 2.24) is 19.5 Å². The molecule has 0 unspecified atom stereocenters. The van der Waals surface area contributed by atoms with Crippen LogP contribution in [0.25, 0.3) is 11.2 Å². The lowest BCUT2D eigenvalue weighted by Gasteiger charge is -2.29. The maximum absolute atomic E-state index is 11.0. The van der Waals surface area contributed by atoms with Crippen LogP contribution >= 0.6 is 7.82 Å². The molecule has 13 heteroatoms. The van der Waals surface area contributed by atoms with Gasteiger partial charge in [-0.3, -0.25) is 9.09 Å². The van der Waals surface area contributed by atoms with Crippen molar-refractivity contribution in [1.29, 1.82) is 0 Å². The number of rotatable bonds is 5. The molecule has 12 nitrogen and oxygen atoms in total. The van der Waals surface area contributed by atoms with Gasteiger partial charge >= 0.3 is 7.82 Å². The number of aromatic nitrogens is 4. The number of benzene rings is 1. The minimum absolute atomic E-state index is 0.404. The fourth-order valence-electron chi connectivity index (χ4n) is 4.20. The third-order valence-electron chi connectivity index (χ3n) is 5.79. The maximum Gasteiger partial charge on any atom is 0.469 e. The average Bonchev–Trinajstić information content (AvgIpc) is 3.32. The van der Waals surface area contributed by atoms with Crippen LogP contribution in [0.1, 0.15) is 17.4 Å². The van der Waals surface area contributed by atoms with Crippen LogP contribution in [0.4, 0.5) is 5.82 Å². The normalized spacial score (nSPS) is 25.9. The molecule has 2 aliphatic heterocycles. The van der Waals surface area contributed by atoms with Crippen LogP contribution < -0.4 is 4.90 Å². The van der Waals surface area contributed by atoms with Crippen molar-refractivity contribution in [3.05, 3.63) is 48.0 Å². The number of fused-ring (bicyclic) bond motifs is 2. The standard InChI is InChI=1S/C19H22N5O7P/c25-15-13(8-30-32(27,28)29)31-19(16(15)26)24-10-22-14-17(20-9-21-18(14)24)23-6-5-11-3-1-2-4-12(11)7-23/h1-4,9-10,13,15-16,19,25-26H,5-8H2,(H2,27,28,29)/t13-,15-,16-,19-/m1/s1. The summed E-state index contributed by atoms with van der Waals surface area (Å²) in [7, 11) is -4.75. The molecule has 2 aromatic heterocycles. The molecule has 1 fully saturated rings. The smallest absolute Gasteiger partial charge is 0.387 e. The van der Waals surface area contributed by atoms with Gasteiger partial charge in [-0.05, 0) is 17.5 Å². The summed E-state index contributed by atoms with van der Waals surface area (Å²) in [6.07, 6.45) is -1.27. The second-order valence-corrected chi connectivity index (χ2v) is 9.03. The predicted molar refractivity (Wildman–Crippen MR) is 110 cm³/mol. The Hall–Kier alpha value is -2.44. The quantitative estimate of drug-likeness (QED) is 0.380. The highest BCUT2D eigenvalue weighted by atomic mass is 31.2. The fourth-order valence-corrected chi connectivity index (χ4v) is 4.54. The number of phosphoric acid groups is 1. The Morgan fingerprint density at radius 3 is 2.69 bits per heavy atom. The second kappa shape index (κ2) is 8.16. The van der Waals surface area contributed by atoms with Gasteiger partial charge in [-0.1, -0.05) is 24.3 Å². The van der Waals surface area contributed by atoms with Gasteiger partial charge in [0.25, 0.3) is 0 Å². The molecule has 1 aromatic carbocycles. The van der Waals surface area contributed by atoms with E-state index in [-0.39, 0.29) is 0 Å². The van der Waals surface area contributed by atoms with Gasteiger partial charge in [-0.2, -0.15) is 0 Å². The lowest BCUT2D eigenvalue weighted by atomic mass is 10.00. The first-order valence-corrected chi connectivity index (χ1v) is 11.6. The third-order valence-corrected chi connectivity index (χ3v) is 6.27. The van der Waals surface area contributed by atoms with Gasteiger partial charge in [-0.25, -0.2) is 19.5 Å². The van der Waals surface area contributed by atoms with E-state index in [1.54, 1.807) is 0 Å². The Labute approximate surface area is 182 Å². The summed E-state index contributed by atoms with van der Waals surface area (Å²) in [6.45, 7) is 0.857. The molecular formula is C19H22N5O7P. The Kier molecular flexibility index (Phi) is 5.46. The Balaban J connectivity index is 1.42. The van der Waals surface area contributed by atoms with Crippen molar-refractivity contribution >= 4 is 24.8 Å². The number of hydrogen-bond acceptors (Lipinski definition) is 9. The van der Waals surface area contributed by atoms with Gasteiger partial charge in [-0.15, -0.1) is 0 Å². The molecule has 4 heterocycles. The molecule has 0 bridgehead atoms. The van der Waals surface area contributed by atoms with Gasteiger partial charge < -0.3 is 29.6 Å².